The highest BCUT2D eigenvalue weighted by molar-refractivity contribution is 5.87. The summed E-state index contributed by atoms with van der Waals surface area (Å²) in [6.45, 7) is 21.9. The molecule has 2 radical (unpaired) electrons. The van der Waals surface area contributed by atoms with E-state index < -0.39 is 0 Å². The van der Waals surface area contributed by atoms with Crippen molar-refractivity contribution < 1.29 is 19.1 Å². The van der Waals surface area contributed by atoms with Gasteiger partial charge in [-0.3, -0.25) is 0 Å². The fraction of sp³-hybridized carbons (Fsp3) is 0.667. The molecule has 0 aliphatic carbocycles. The van der Waals surface area contributed by atoms with Crippen LogP contribution in [0.3, 0.4) is 0 Å². The average Bonchev–Trinajstić information content (AvgIpc) is 2.68. The van der Waals surface area contributed by atoms with Crippen LogP contribution in [0, 0.1) is 24.2 Å². The molecule has 1 unspecified atom stereocenters. The first-order chi connectivity index (χ1) is 13.2. The SMILES string of the molecule is [CH2]CC(CC)CC(CC)(CC)[C](CCOC(=O)C(=C)C)CCOC(=O)C(=C)C. The van der Waals surface area contributed by atoms with Crippen molar-refractivity contribution >= 4 is 11.9 Å². The van der Waals surface area contributed by atoms with E-state index in [1.165, 1.54) is 5.92 Å². The second-order valence-corrected chi connectivity index (χ2v) is 7.69. The zero-order valence-electron chi connectivity index (χ0n) is 18.7. The van der Waals surface area contributed by atoms with E-state index in [1.807, 2.05) is 0 Å². The third-order valence-corrected chi connectivity index (χ3v) is 5.74. The van der Waals surface area contributed by atoms with E-state index in [9.17, 15) is 9.59 Å². The minimum atomic E-state index is -0.365. The summed E-state index contributed by atoms with van der Waals surface area (Å²) in [5, 5.41) is 0. The molecule has 0 aromatic heterocycles. The summed E-state index contributed by atoms with van der Waals surface area (Å²) < 4.78 is 10.7. The van der Waals surface area contributed by atoms with Crippen molar-refractivity contribution in [1.82, 2.24) is 0 Å². The Hall–Kier alpha value is -1.58. The predicted molar refractivity (Wildman–Crippen MR) is 115 cm³/mol. The Morgan fingerprint density at radius 1 is 0.893 bits per heavy atom. The molecule has 4 nitrogen and oxygen atoms in total. The highest BCUT2D eigenvalue weighted by Gasteiger charge is 2.37. The maximum atomic E-state index is 11.7. The molecule has 4 heteroatoms. The van der Waals surface area contributed by atoms with Gasteiger partial charge in [0.25, 0.3) is 0 Å². The lowest BCUT2D eigenvalue weighted by Gasteiger charge is -2.42. The summed E-state index contributed by atoms with van der Waals surface area (Å²) in [6.07, 6.45) is 6.38. The smallest absolute Gasteiger partial charge is 0.333 e. The van der Waals surface area contributed by atoms with Gasteiger partial charge < -0.3 is 9.47 Å². The van der Waals surface area contributed by atoms with Gasteiger partial charge in [0.1, 0.15) is 0 Å². The van der Waals surface area contributed by atoms with Crippen molar-refractivity contribution in [3.8, 4) is 0 Å². The number of ether oxygens (including phenoxy) is 2. The predicted octanol–water partition coefficient (Wildman–Crippen LogP) is 6.03. The molecule has 0 aliphatic heterocycles. The third kappa shape index (κ3) is 8.62. The van der Waals surface area contributed by atoms with Crippen molar-refractivity contribution in [1.29, 1.82) is 0 Å². The van der Waals surface area contributed by atoms with Crippen molar-refractivity contribution in [2.75, 3.05) is 13.2 Å². The Kier molecular flexibility index (Phi) is 12.8. The topological polar surface area (TPSA) is 52.6 Å². The first-order valence-electron chi connectivity index (χ1n) is 10.5. The molecule has 0 fully saturated rings. The summed E-state index contributed by atoms with van der Waals surface area (Å²) in [5.74, 6) is 1.12. The van der Waals surface area contributed by atoms with E-state index in [4.69, 9.17) is 9.47 Å². The number of hydrogen-bond acceptors (Lipinski definition) is 4. The average molecular weight is 393 g/mol. The van der Waals surface area contributed by atoms with Crippen LogP contribution in [0.1, 0.15) is 79.6 Å². The molecule has 0 saturated carbocycles. The molecule has 1 atom stereocenters. The molecule has 0 aliphatic rings. The molecule has 160 valence electrons. The fourth-order valence-electron chi connectivity index (χ4n) is 3.62. The van der Waals surface area contributed by atoms with Crippen LogP contribution in [0.25, 0.3) is 0 Å². The van der Waals surface area contributed by atoms with Crippen LogP contribution >= 0.6 is 0 Å². The van der Waals surface area contributed by atoms with Crippen LogP contribution in [-0.2, 0) is 19.1 Å². The molecule has 0 heterocycles. The van der Waals surface area contributed by atoms with Gasteiger partial charge in [0.2, 0.25) is 0 Å². The summed E-state index contributed by atoms with van der Waals surface area (Å²) in [7, 11) is 0. The zero-order chi connectivity index (χ0) is 21.7. The third-order valence-electron chi connectivity index (χ3n) is 5.74. The van der Waals surface area contributed by atoms with Gasteiger partial charge in [-0.25, -0.2) is 9.59 Å². The number of hydrogen-bond donors (Lipinski definition) is 0. The summed E-state index contributed by atoms with van der Waals surface area (Å²) in [4.78, 5) is 23.5. The fourth-order valence-corrected chi connectivity index (χ4v) is 3.62. The molecule has 0 aromatic carbocycles. The van der Waals surface area contributed by atoms with E-state index in [0.717, 1.165) is 32.1 Å². The number of esters is 2. The zero-order valence-corrected chi connectivity index (χ0v) is 18.7. The number of carbonyl (C=O) groups excluding carboxylic acids is 2. The van der Waals surface area contributed by atoms with Crippen molar-refractivity contribution in [2.45, 2.75) is 79.6 Å². The van der Waals surface area contributed by atoms with Gasteiger partial charge in [0.05, 0.1) is 13.2 Å². The Morgan fingerprint density at radius 2 is 1.32 bits per heavy atom. The van der Waals surface area contributed by atoms with Gasteiger partial charge in [0, 0.05) is 11.1 Å². The Morgan fingerprint density at radius 3 is 1.61 bits per heavy atom. The van der Waals surface area contributed by atoms with E-state index >= 15 is 0 Å². The maximum Gasteiger partial charge on any atom is 0.333 e. The molecule has 0 amide bonds. The van der Waals surface area contributed by atoms with E-state index in [0.29, 0.717) is 43.1 Å². The largest absolute Gasteiger partial charge is 0.462 e. The highest BCUT2D eigenvalue weighted by atomic mass is 16.5. The van der Waals surface area contributed by atoms with Crippen molar-refractivity contribution in [3.63, 3.8) is 0 Å². The molecule has 0 N–H and O–H groups in total. The van der Waals surface area contributed by atoms with Crippen LogP contribution in [0.15, 0.2) is 24.3 Å². The van der Waals surface area contributed by atoms with Gasteiger partial charge in [-0.15, -0.1) is 0 Å². The molecular formula is C24H40O4. The Labute approximate surface area is 172 Å². The Balaban J connectivity index is 5.30. The molecular weight excluding hydrogens is 352 g/mol. The molecule has 0 saturated heterocycles. The van der Waals surface area contributed by atoms with Crippen LogP contribution in [-0.4, -0.2) is 25.2 Å². The number of carbonyl (C=O) groups is 2. The van der Waals surface area contributed by atoms with Crippen LogP contribution in [0.5, 0.6) is 0 Å². The molecule has 0 bridgehead atoms. The standard InChI is InChI=1S/C24H40O4/c1-9-20(10-2)17-24(11-3,12-4)21(13-15-27-22(25)18(5)6)14-16-28-23(26)19(7)8/h20H,1,5,7,9-17H2,2-4,6,8H3. The second-order valence-electron chi connectivity index (χ2n) is 7.69. The lowest BCUT2D eigenvalue weighted by atomic mass is 9.63. The lowest BCUT2D eigenvalue weighted by molar-refractivity contribution is -0.139. The second kappa shape index (κ2) is 13.6. The monoisotopic (exact) mass is 392 g/mol. The summed E-state index contributed by atoms with van der Waals surface area (Å²) >= 11 is 0. The van der Waals surface area contributed by atoms with Gasteiger partial charge in [-0.1, -0.05) is 53.7 Å². The quantitative estimate of drug-likeness (QED) is 0.252. The van der Waals surface area contributed by atoms with Crippen LogP contribution in [0.4, 0.5) is 0 Å². The molecule has 0 spiro atoms. The minimum Gasteiger partial charge on any atom is -0.462 e. The van der Waals surface area contributed by atoms with E-state index in [1.54, 1.807) is 13.8 Å². The van der Waals surface area contributed by atoms with Crippen LogP contribution in [0.2, 0.25) is 0 Å². The van der Waals surface area contributed by atoms with Crippen molar-refractivity contribution in [3.05, 3.63) is 37.1 Å². The molecule has 0 rings (SSSR count). The Bertz CT molecular complexity index is 481. The van der Waals surface area contributed by atoms with E-state index in [2.05, 4.69) is 40.9 Å². The first kappa shape index (κ1) is 26.4. The van der Waals surface area contributed by atoms with Crippen LogP contribution < -0.4 is 0 Å². The highest BCUT2D eigenvalue weighted by Crippen LogP contribution is 2.47. The van der Waals surface area contributed by atoms with Gasteiger partial charge in [0.15, 0.2) is 0 Å². The minimum absolute atomic E-state index is 0.0314. The first-order valence-corrected chi connectivity index (χ1v) is 10.5. The maximum absolute atomic E-state index is 11.7. The van der Waals surface area contributed by atoms with Gasteiger partial charge >= 0.3 is 11.9 Å². The van der Waals surface area contributed by atoms with Gasteiger partial charge in [-0.05, 0) is 63.2 Å². The number of rotatable bonds is 15. The van der Waals surface area contributed by atoms with Crippen molar-refractivity contribution in [2.24, 2.45) is 11.3 Å². The lowest BCUT2D eigenvalue weighted by Crippen LogP contribution is -2.32. The molecule has 28 heavy (non-hydrogen) atoms. The van der Waals surface area contributed by atoms with Gasteiger partial charge in [-0.2, -0.15) is 0 Å². The summed E-state index contributed by atoms with van der Waals surface area (Å²) in [6, 6.07) is 0. The molecule has 0 aromatic rings. The normalized spacial score (nSPS) is 11.6. The summed E-state index contributed by atoms with van der Waals surface area (Å²) in [5.41, 5.74) is 0.832. The van der Waals surface area contributed by atoms with E-state index in [-0.39, 0.29) is 17.4 Å².